The average molecular weight is 567 g/mol. The lowest BCUT2D eigenvalue weighted by atomic mass is 9.83. The maximum absolute atomic E-state index is 14.8. The number of aliphatic hydroxyl groups excluding tert-OH is 2. The van der Waals surface area contributed by atoms with Gasteiger partial charge >= 0.3 is 18.0 Å². The van der Waals surface area contributed by atoms with Crippen molar-refractivity contribution in [3.05, 3.63) is 59.7 Å². The molecule has 2 N–H and O–H groups in total. The van der Waals surface area contributed by atoms with Crippen molar-refractivity contribution in [2.24, 2.45) is 11.8 Å². The van der Waals surface area contributed by atoms with E-state index < -0.39 is 37.4 Å². The zero-order chi connectivity index (χ0) is 29.5. The van der Waals surface area contributed by atoms with Crippen molar-refractivity contribution >= 4 is 11.9 Å². The molecule has 40 heavy (non-hydrogen) atoms. The number of hydrogen-bond donors (Lipinski definition) is 2. The van der Waals surface area contributed by atoms with Gasteiger partial charge in [0.15, 0.2) is 0 Å². The average Bonchev–Trinajstić information content (AvgIpc) is 2.96. The summed E-state index contributed by atoms with van der Waals surface area (Å²) in [4.78, 5) is 23.8. The molecule has 1 saturated carbocycles. The van der Waals surface area contributed by atoms with E-state index in [-0.39, 0.29) is 41.8 Å². The Balaban J connectivity index is 1.83. The standard InChI is InChI=1S/C31H44F2O7/c1-4-5-6-7-24-10-14-27(15-11-24)31(32,33)40-28-16-12-25(13-17-28)8-9-26(20-38-29(36)22(2)18-34)21-39-30(37)23(3)19-35/h10-11,14-15,25-26,28,34-35H,2-9,12-13,16-21H2,1H3. The molecule has 0 saturated heterocycles. The second-order valence-electron chi connectivity index (χ2n) is 10.6. The van der Waals surface area contributed by atoms with Crippen LogP contribution in [0.2, 0.25) is 0 Å². The van der Waals surface area contributed by atoms with E-state index in [2.05, 4.69) is 20.1 Å². The molecule has 2 rings (SSSR count). The minimum Gasteiger partial charge on any atom is -0.462 e. The highest BCUT2D eigenvalue weighted by molar-refractivity contribution is 5.88. The zero-order valence-electron chi connectivity index (χ0n) is 23.5. The number of aliphatic hydroxyl groups is 2. The summed E-state index contributed by atoms with van der Waals surface area (Å²) in [5, 5.41) is 18.1. The number of ether oxygens (including phenoxy) is 3. The Kier molecular flexibility index (Phi) is 14.5. The third-order valence-electron chi connectivity index (χ3n) is 7.31. The van der Waals surface area contributed by atoms with Gasteiger partial charge in [0.2, 0.25) is 0 Å². The maximum Gasteiger partial charge on any atom is 0.383 e. The molecule has 0 aliphatic heterocycles. The summed E-state index contributed by atoms with van der Waals surface area (Å²) >= 11 is 0. The van der Waals surface area contributed by atoms with Crippen LogP contribution in [0.1, 0.15) is 75.8 Å². The van der Waals surface area contributed by atoms with E-state index in [1.54, 1.807) is 12.1 Å². The highest BCUT2D eigenvalue weighted by atomic mass is 19.3. The van der Waals surface area contributed by atoms with Gasteiger partial charge in [0.1, 0.15) is 0 Å². The Labute approximate surface area is 236 Å². The van der Waals surface area contributed by atoms with E-state index in [1.165, 1.54) is 12.1 Å². The van der Waals surface area contributed by atoms with Crippen molar-refractivity contribution < 1.29 is 42.8 Å². The molecular weight excluding hydrogens is 522 g/mol. The largest absolute Gasteiger partial charge is 0.462 e. The Morgan fingerprint density at radius 1 is 0.950 bits per heavy atom. The number of alkyl halides is 2. The van der Waals surface area contributed by atoms with Crippen molar-refractivity contribution in [3.8, 4) is 0 Å². The minimum atomic E-state index is -3.35. The van der Waals surface area contributed by atoms with Gasteiger partial charge in [-0.25, -0.2) is 9.59 Å². The highest BCUT2D eigenvalue weighted by Gasteiger charge is 2.37. The Morgan fingerprint density at radius 3 is 2.00 bits per heavy atom. The predicted molar refractivity (Wildman–Crippen MR) is 147 cm³/mol. The fourth-order valence-electron chi connectivity index (χ4n) is 4.67. The minimum absolute atomic E-state index is 0.0429. The molecule has 1 aromatic rings. The second-order valence-corrected chi connectivity index (χ2v) is 10.6. The van der Waals surface area contributed by atoms with Crippen LogP contribution >= 0.6 is 0 Å². The van der Waals surface area contributed by atoms with Crippen LogP contribution in [-0.2, 0) is 36.3 Å². The second kappa shape index (κ2) is 17.3. The SMILES string of the molecule is C=C(CO)C(=O)OCC(CCC1CCC(OC(F)(F)c2ccc(CCCCC)cc2)CC1)COC(=O)C(=C)CO. The third-order valence-corrected chi connectivity index (χ3v) is 7.31. The van der Waals surface area contributed by atoms with Crippen LogP contribution < -0.4 is 0 Å². The number of rotatable bonds is 18. The van der Waals surface area contributed by atoms with Gasteiger partial charge in [-0.3, -0.25) is 0 Å². The van der Waals surface area contributed by atoms with Crippen molar-refractivity contribution in [2.45, 2.75) is 83.3 Å². The normalized spacial score (nSPS) is 17.4. The lowest BCUT2D eigenvalue weighted by Crippen LogP contribution is -2.30. The van der Waals surface area contributed by atoms with Crippen LogP contribution in [0.4, 0.5) is 8.78 Å². The van der Waals surface area contributed by atoms with Crippen molar-refractivity contribution in [1.29, 1.82) is 0 Å². The molecular formula is C31H44F2O7. The summed E-state index contributed by atoms with van der Waals surface area (Å²) in [6.07, 6.45) is 4.00. The Morgan fingerprint density at radius 2 is 1.50 bits per heavy atom. The van der Waals surface area contributed by atoms with Crippen LogP contribution in [-0.4, -0.2) is 54.7 Å². The third kappa shape index (κ3) is 11.5. The molecule has 0 radical (unpaired) electrons. The molecule has 0 heterocycles. The van der Waals surface area contributed by atoms with Crippen LogP contribution in [0.3, 0.4) is 0 Å². The van der Waals surface area contributed by atoms with E-state index in [4.69, 9.17) is 24.4 Å². The number of carbonyl (C=O) groups excluding carboxylic acids is 2. The quantitative estimate of drug-likeness (QED) is 0.135. The van der Waals surface area contributed by atoms with E-state index >= 15 is 0 Å². The zero-order valence-corrected chi connectivity index (χ0v) is 23.5. The van der Waals surface area contributed by atoms with Crippen LogP contribution in [0, 0.1) is 11.8 Å². The van der Waals surface area contributed by atoms with Crippen molar-refractivity contribution in [2.75, 3.05) is 26.4 Å². The van der Waals surface area contributed by atoms with Gasteiger partial charge in [-0.05, 0) is 62.8 Å². The van der Waals surface area contributed by atoms with E-state index in [9.17, 15) is 18.4 Å². The lowest BCUT2D eigenvalue weighted by Gasteiger charge is -2.32. The van der Waals surface area contributed by atoms with Gasteiger partial charge in [0.05, 0.1) is 49.2 Å². The fraction of sp³-hybridized carbons (Fsp3) is 0.613. The molecule has 224 valence electrons. The number of aryl methyl sites for hydroxylation is 1. The summed E-state index contributed by atoms with van der Waals surface area (Å²) < 4.78 is 45.4. The number of esters is 2. The molecule has 1 aliphatic carbocycles. The molecule has 1 aliphatic rings. The van der Waals surface area contributed by atoms with Gasteiger partial charge in [-0.1, -0.05) is 57.2 Å². The topological polar surface area (TPSA) is 102 Å². The Hall–Kier alpha value is -2.62. The molecule has 0 bridgehead atoms. The molecule has 9 heteroatoms. The molecule has 0 aromatic heterocycles. The predicted octanol–water partition coefficient (Wildman–Crippen LogP) is 5.62. The lowest BCUT2D eigenvalue weighted by molar-refractivity contribution is -0.278. The van der Waals surface area contributed by atoms with E-state index in [0.717, 1.165) is 37.7 Å². The first-order valence-corrected chi connectivity index (χ1v) is 14.2. The van der Waals surface area contributed by atoms with Gasteiger partial charge in [0.25, 0.3) is 0 Å². The molecule has 0 amide bonds. The van der Waals surface area contributed by atoms with Crippen LogP contribution in [0.5, 0.6) is 0 Å². The smallest absolute Gasteiger partial charge is 0.383 e. The molecule has 7 nitrogen and oxygen atoms in total. The number of halogens is 2. The monoisotopic (exact) mass is 566 g/mol. The Bertz CT molecular complexity index is 921. The first-order chi connectivity index (χ1) is 19.1. The summed E-state index contributed by atoms with van der Waals surface area (Å²) in [7, 11) is 0. The fourth-order valence-corrected chi connectivity index (χ4v) is 4.67. The summed E-state index contributed by atoms with van der Waals surface area (Å²) in [5.41, 5.74) is 0.756. The summed E-state index contributed by atoms with van der Waals surface area (Å²) in [6, 6.07) is 6.42. The van der Waals surface area contributed by atoms with Gasteiger partial charge in [-0.2, -0.15) is 8.78 Å². The van der Waals surface area contributed by atoms with E-state index in [0.29, 0.717) is 32.1 Å². The first kappa shape index (κ1) is 33.6. The van der Waals surface area contributed by atoms with Crippen molar-refractivity contribution in [1.82, 2.24) is 0 Å². The summed E-state index contributed by atoms with van der Waals surface area (Å²) in [5.74, 6) is -1.52. The number of benzene rings is 1. The van der Waals surface area contributed by atoms with E-state index in [1.807, 2.05) is 0 Å². The van der Waals surface area contributed by atoms with Crippen LogP contribution in [0.25, 0.3) is 0 Å². The van der Waals surface area contributed by atoms with Crippen LogP contribution in [0.15, 0.2) is 48.6 Å². The van der Waals surface area contributed by atoms with Gasteiger partial charge < -0.3 is 24.4 Å². The molecule has 1 aromatic carbocycles. The number of hydrogen-bond acceptors (Lipinski definition) is 7. The maximum atomic E-state index is 14.8. The molecule has 0 atom stereocenters. The number of unbranched alkanes of at least 4 members (excludes halogenated alkanes) is 2. The van der Waals surface area contributed by atoms with Gasteiger partial charge in [-0.15, -0.1) is 0 Å². The van der Waals surface area contributed by atoms with Crippen molar-refractivity contribution in [3.63, 3.8) is 0 Å². The molecule has 0 unspecified atom stereocenters. The number of carbonyl (C=O) groups is 2. The molecule has 1 fully saturated rings. The van der Waals surface area contributed by atoms with Gasteiger partial charge in [0, 0.05) is 5.92 Å². The highest BCUT2D eigenvalue weighted by Crippen LogP contribution is 2.37. The summed E-state index contributed by atoms with van der Waals surface area (Å²) in [6.45, 7) is 7.86. The molecule has 0 spiro atoms. The first-order valence-electron chi connectivity index (χ1n) is 14.2.